The Morgan fingerprint density at radius 2 is 1.75 bits per heavy atom. The Balaban J connectivity index is 1.44. The van der Waals surface area contributed by atoms with Gasteiger partial charge < -0.3 is 4.74 Å². The standard InChI is InChI=1S/C26H22FNO3S/c1-18-15-25(32-26(18)23(29)12-9-19-7-10-21(27)11-8-19)28-14-13-22(16-24(28)30)31-17-20-5-3-2-4-6-20/h2-8,10-11,13-16H,9,12,17H2,1H3. The molecule has 4 rings (SSSR count). The smallest absolute Gasteiger partial charge is 0.259 e. The molecule has 2 heterocycles. The molecule has 0 bridgehead atoms. The number of nitrogens with zero attached hydrogens (tertiary/aromatic N) is 1. The molecule has 6 heteroatoms. The van der Waals surface area contributed by atoms with Gasteiger partial charge in [-0.1, -0.05) is 42.5 Å². The Morgan fingerprint density at radius 1 is 1.00 bits per heavy atom. The van der Waals surface area contributed by atoms with Gasteiger partial charge in [-0.15, -0.1) is 11.3 Å². The molecule has 0 aliphatic carbocycles. The Bertz CT molecular complexity index is 1280. The molecule has 0 saturated heterocycles. The molecule has 4 aromatic rings. The Labute approximate surface area is 189 Å². The maximum atomic E-state index is 13.0. The van der Waals surface area contributed by atoms with E-state index < -0.39 is 0 Å². The van der Waals surface area contributed by atoms with Crippen LogP contribution in [0, 0.1) is 12.7 Å². The summed E-state index contributed by atoms with van der Waals surface area (Å²) in [5.74, 6) is 0.221. The van der Waals surface area contributed by atoms with Gasteiger partial charge >= 0.3 is 0 Å². The molecule has 0 saturated carbocycles. The van der Waals surface area contributed by atoms with Gasteiger partial charge in [0.05, 0.1) is 4.88 Å². The predicted molar refractivity (Wildman–Crippen MR) is 124 cm³/mol. The van der Waals surface area contributed by atoms with Gasteiger partial charge in [0.25, 0.3) is 5.56 Å². The highest BCUT2D eigenvalue weighted by Gasteiger charge is 2.15. The maximum absolute atomic E-state index is 13.0. The van der Waals surface area contributed by atoms with Crippen molar-refractivity contribution in [3.8, 4) is 10.8 Å². The fourth-order valence-corrected chi connectivity index (χ4v) is 4.49. The lowest BCUT2D eigenvalue weighted by atomic mass is 10.1. The van der Waals surface area contributed by atoms with Crippen LogP contribution in [0.1, 0.15) is 32.8 Å². The molecule has 0 fully saturated rings. The number of thiophene rings is 1. The summed E-state index contributed by atoms with van der Waals surface area (Å²) in [5.41, 5.74) is 2.55. The number of ether oxygens (including phenoxy) is 1. The van der Waals surface area contributed by atoms with E-state index in [2.05, 4.69) is 0 Å². The Hall–Kier alpha value is -3.51. The number of rotatable bonds is 8. The van der Waals surface area contributed by atoms with Crippen molar-refractivity contribution in [3.63, 3.8) is 0 Å². The second kappa shape index (κ2) is 9.75. The summed E-state index contributed by atoms with van der Waals surface area (Å²) in [7, 11) is 0. The second-order valence-corrected chi connectivity index (χ2v) is 8.52. The highest BCUT2D eigenvalue weighted by atomic mass is 32.1. The van der Waals surface area contributed by atoms with Crippen molar-refractivity contribution < 1.29 is 13.9 Å². The number of carbonyl (C=O) groups excluding carboxylic acids is 1. The van der Waals surface area contributed by atoms with Gasteiger partial charge in [-0.25, -0.2) is 4.39 Å². The first kappa shape index (κ1) is 21.7. The van der Waals surface area contributed by atoms with Crippen LogP contribution in [0.2, 0.25) is 0 Å². The van der Waals surface area contributed by atoms with Crippen molar-refractivity contribution in [2.45, 2.75) is 26.4 Å². The number of ketones is 1. The summed E-state index contributed by atoms with van der Waals surface area (Å²) >= 11 is 1.30. The van der Waals surface area contributed by atoms with Gasteiger partial charge in [0.2, 0.25) is 0 Å². The molecule has 0 spiro atoms. The van der Waals surface area contributed by atoms with Gasteiger partial charge in [0, 0.05) is 18.7 Å². The van der Waals surface area contributed by atoms with E-state index in [4.69, 9.17) is 4.74 Å². The zero-order valence-electron chi connectivity index (χ0n) is 17.6. The topological polar surface area (TPSA) is 48.3 Å². The van der Waals surface area contributed by atoms with E-state index >= 15 is 0 Å². The van der Waals surface area contributed by atoms with Crippen molar-refractivity contribution in [1.29, 1.82) is 0 Å². The maximum Gasteiger partial charge on any atom is 0.259 e. The first-order chi connectivity index (χ1) is 15.5. The zero-order chi connectivity index (χ0) is 22.5. The third-order valence-electron chi connectivity index (χ3n) is 5.09. The van der Waals surface area contributed by atoms with Crippen molar-refractivity contribution in [3.05, 3.63) is 117 Å². The highest BCUT2D eigenvalue weighted by molar-refractivity contribution is 7.16. The van der Waals surface area contributed by atoms with Crippen LogP contribution < -0.4 is 10.3 Å². The minimum absolute atomic E-state index is 0.0129. The summed E-state index contributed by atoms with van der Waals surface area (Å²) < 4.78 is 20.3. The minimum Gasteiger partial charge on any atom is -0.489 e. The minimum atomic E-state index is -0.291. The largest absolute Gasteiger partial charge is 0.489 e. The molecule has 0 radical (unpaired) electrons. The molecular formula is C26H22FNO3S. The average Bonchev–Trinajstić information content (AvgIpc) is 3.19. The van der Waals surface area contributed by atoms with Crippen LogP contribution in [0.15, 0.2) is 83.8 Å². The molecule has 0 atom stereocenters. The fraction of sp³-hybridized carbons (Fsp3) is 0.154. The normalized spacial score (nSPS) is 10.8. The highest BCUT2D eigenvalue weighted by Crippen LogP contribution is 2.27. The van der Waals surface area contributed by atoms with E-state index in [1.807, 2.05) is 43.3 Å². The lowest BCUT2D eigenvalue weighted by Crippen LogP contribution is -2.15. The third kappa shape index (κ3) is 5.21. The number of hydrogen-bond donors (Lipinski definition) is 0. The Kier molecular flexibility index (Phi) is 6.61. The van der Waals surface area contributed by atoms with E-state index in [1.54, 1.807) is 24.4 Å². The van der Waals surface area contributed by atoms with Crippen LogP contribution in [0.4, 0.5) is 4.39 Å². The molecule has 0 N–H and O–H groups in total. The van der Waals surface area contributed by atoms with Gasteiger partial charge in [-0.2, -0.15) is 0 Å². The van der Waals surface area contributed by atoms with E-state index in [1.165, 1.54) is 34.1 Å². The van der Waals surface area contributed by atoms with Crippen molar-refractivity contribution in [2.75, 3.05) is 0 Å². The van der Waals surface area contributed by atoms with Gasteiger partial charge in [0.15, 0.2) is 5.78 Å². The lowest BCUT2D eigenvalue weighted by molar-refractivity contribution is 0.0986. The summed E-state index contributed by atoms with van der Waals surface area (Å²) in [6.07, 6.45) is 2.54. The van der Waals surface area contributed by atoms with Crippen LogP contribution in [-0.2, 0) is 13.0 Å². The van der Waals surface area contributed by atoms with Crippen molar-refractivity contribution in [2.24, 2.45) is 0 Å². The van der Waals surface area contributed by atoms with Crippen molar-refractivity contribution >= 4 is 17.1 Å². The van der Waals surface area contributed by atoms with Crippen LogP contribution >= 0.6 is 11.3 Å². The molecule has 0 aliphatic rings. The lowest BCUT2D eigenvalue weighted by Gasteiger charge is -2.07. The summed E-state index contributed by atoms with van der Waals surface area (Å²) in [5, 5.41) is 0.687. The summed E-state index contributed by atoms with van der Waals surface area (Å²) in [6, 6.07) is 21.0. The van der Waals surface area contributed by atoms with E-state index in [9.17, 15) is 14.0 Å². The molecule has 2 aromatic carbocycles. The number of aromatic nitrogens is 1. The van der Waals surface area contributed by atoms with Gasteiger partial charge in [-0.05, 0) is 54.3 Å². The predicted octanol–water partition coefficient (Wildman–Crippen LogP) is 5.74. The van der Waals surface area contributed by atoms with Crippen LogP contribution in [0.5, 0.6) is 5.75 Å². The van der Waals surface area contributed by atoms with Crippen molar-refractivity contribution in [1.82, 2.24) is 4.57 Å². The number of pyridine rings is 1. The summed E-state index contributed by atoms with van der Waals surface area (Å²) in [4.78, 5) is 26.0. The number of hydrogen-bond acceptors (Lipinski definition) is 4. The summed E-state index contributed by atoms with van der Waals surface area (Å²) in [6.45, 7) is 2.25. The first-order valence-corrected chi connectivity index (χ1v) is 11.1. The average molecular weight is 448 g/mol. The molecule has 162 valence electrons. The number of Topliss-reactive ketones (excluding diaryl/α,β-unsaturated/α-hetero) is 1. The number of carbonyl (C=O) groups is 1. The van der Waals surface area contributed by atoms with Gasteiger partial charge in [-0.3, -0.25) is 14.2 Å². The number of halogens is 1. The molecule has 0 amide bonds. The quantitative estimate of drug-likeness (QED) is 0.324. The molecule has 4 nitrogen and oxygen atoms in total. The molecule has 32 heavy (non-hydrogen) atoms. The number of aryl methyl sites for hydroxylation is 2. The van der Waals surface area contributed by atoms with Gasteiger partial charge in [0.1, 0.15) is 23.2 Å². The van der Waals surface area contributed by atoms with Crippen LogP contribution in [0.25, 0.3) is 5.00 Å². The SMILES string of the molecule is Cc1cc(-n2ccc(OCc3ccccc3)cc2=O)sc1C(=O)CCc1ccc(F)cc1. The molecular weight excluding hydrogens is 425 g/mol. The molecule has 0 unspecified atom stereocenters. The van der Waals surface area contributed by atoms with Crippen LogP contribution in [0.3, 0.4) is 0 Å². The molecule has 2 aromatic heterocycles. The first-order valence-electron chi connectivity index (χ1n) is 10.3. The van der Waals surface area contributed by atoms with E-state index in [-0.39, 0.29) is 17.2 Å². The second-order valence-electron chi connectivity index (χ2n) is 7.49. The fourth-order valence-electron chi connectivity index (χ4n) is 3.36. The monoisotopic (exact) mass is 447 g/mol. The van der Waals surface area contributed by atoms with Crippen LogP contribution in [-0.4, -0.2) is 10.4 Å². The molecule has 0 aliphatic heterocycles. The number of benzene rings is 2. The van der Waals surface area contributed by atoms with E-state index in [0.29, 0.717) is 35.1 Å². The van der Waals surface area contributed by atoms with E-state index in [0.717, 1.165) is 16.7 Å². The third-order valence-corrected chi connectivity index (χ3v) is 6.37. The Morgan fingerprint density at radius 3 is 2.47 bits per heavy atom. The zero-order valence-corrected chi connectivity index (χ0v) is 18.4.